The number of aryl methyl sites for hydroxylation is 1. The van der Waals surface area contributed by atoms with Crippen LogP contribution in [0.2, 0.25) is 0 Å². The molecule has 0 saturated carbocycles. The van der Waals surface area contributed by atoms with E-state index in [0.717, 1.165) is 16.3 Å². The van der Waals surface area contributed by atoms with E-state index in [1.165, 1.54) is 5.57 Å². The number of nitrogens with zero attached hydrogens (tertiary/aromatic N) is 1. The van der Waals surface area contributed by atoms with E-state index in [1.54, 1.807) is 11.3 Å². The van der Waals surface area contributed by atoms with Crippen LogP contribution < -0.4 is 5.73 Å². The number of aromatic nitrogens is 1. The molecule has 1 aromatic heterocycles. The van der Waals surface area contributed by atoms with Crippen LogP contribution >= 0.6 is 11.3 Å². The van der Waals surface area contributed by atoms with Crippen molar-refractivity contribution in [1.29, 1.82) is 0 Å². The predicted molar refractivity (Wildman–Crippen MR) is 73.5 cm³/mol. The van der Waals surface area contributed by atoms with Crippen LogP contribution in [-0.4, -0.2) is 4.98 Å². The fourth-order valence-electron chi connectivity index (χ4n) is 1.42. The number of anilines is 1. The number of nitrogens with two attached hydrogens (primary N) is 1. The van der Waals surface area contributed by atoms with Crippen LogP contribution in [0, 0.1) is 6.92 Å². The monoisotopic (exact) mass is 234 g/mol. The smallest absolute Gasteiger partial charge is 0.142 e. The maximum Gasteiger partial charge on any atom is 0.142 e. The molecule has 0 bridgehead atoms. The summed E-state index contributed by atoms with van der Waals surface area (Å²) in [6.07, 6.45) is 11.3. The number of thiazole rings is 1. The van der Waals surface area contributed by atoms with Crippen LogP contribution in [0.15, 0.2) is 30.4 Å². The van der Waals surface area contributed by atoms with E-state index in [4.69, 9.17) is 5.73 Å². The molecule has 0 aliphatic heterocycles. The molecule has 1 aromatic rings. The summed E-state index contributed by atoms with van der Waals surface area (Å²) in [5.74, 6) is 0.655. The van der Waals surface area contributed by atoms with Crippen molar-refractivity contribution in [2.45, 2.75) is 27.2 Å². The van der Waals surface area contributed by atoms with E-state index in [2.05, 4.69) is 17.1 Å². The van der Waals surface area contributed by atoms with Crippen LogP contribution in [0.4, 0.5) is 5.82 Å². The molecule has 0 fully saturated rings. The van der Waals surface area contributed by atoms with Crippen molar-refractivity contribution in [2.75, 3.05) is 5.73 Å². The fourth-order valence-corrected chi connectivity index (χ4v) is 2.29. The number of hydrogen-bond acceptors (Lipinski definition) is 3. The molecule has 86 valence electrons. The normalized spacial score (nSPS) is 13.8. The molecule has 1 aliphatic rings. The van der Waals surface area contributed by atoms with Gasteiger partial charge in [0.2, 0.25) is 0 Å². The first-order valence-electron chi connectivity index (χ1n) is 5.53. The van der Waals surface area contributed by atoms with Crippen molar-refractivity contribution in [1.82, 2.24) is 4.98 Å². The van der Waals surface area contributed by atoms with Crippen molar-refractivity contribution in [3.63, 3.8) is 0 Å². The second-order valence-corrected chi connectivity index (χ2v) is 4.36. The van der Waals surface area contributed by atoms with Gasteiger partial charge in [-0.05, 0) is 18.9 Å². The summed E-state index contributed by atoms with van der Waals surface area (Å²) in [5.41, 5.74) is 7.08. The lowest BCUT2D eigenvalue weighted by Gasteiger charge is -1.99. The summed E-state index contributed by atoms with van der Waals surface area (Å²) >= 11 is 1.66. The van der Waals surface area contributed by atoms with Crippen molar-refractivity contribution >= 4 is 22.7 Å². The first-order chi connectivity index (χ1) is 7.77. The average molecular weight is 234 g/mol. The van der Waals surface area contributed by atoms with Gasteiger partial charge in [0, 0.05) is 0 Å². The topological polar surface area (TPSA) is 38.9 Å². The zero-order chi connectivity index (χ0) is 12.0. The Morgan fingerprint density at radius 2 is 2.00 bits per heavy atom. The highest BCUT2D eigenvalue weighted by Crippen LogP contribution is 2.30. The van der Waals surface area contributed by atoms with Crippen LogP contribution in [-0.2, 0) is 0 Å². The van der Waals surface area contributed by atoms with Crippen LogP contribution in [0.5, 0.6) is 0 Å². The SMILES string of the molecule is CC.Cc1nc(N)c(C2=CC=CC=CC2)s1. The van der Waals surface area contributed by atoms with Gasteiger partial charge in [-0.2, -0.15) is 0 Å². The minimum atomic E-state index is 0.655. The molecule has 2 nitrogen and oxygen atoms in total. The summed E-state index contributed by atoms with van der Waals surface area (Å²) in [7, 11) is 0. The highest BCUT2D eigenvalue weighted by atomic mass is 32.1. The Balaban J connectivity index is 0.000000606. The van der Waals surface area contributed by atoms with Crippen LogP contribution in [0.1, 0.15) is 30.2 Å². The Morgan fingerprint density at radius 1 is 1.25 bits per heavy atom. The van der Waals surface area contributed by atoms with Gasteiger partial charge in [-0.3, -0.25) is 0 Å². The lowest BCUT2D eigenvalue weighted by atomic mass is 10.1. The summed E-state index contributed by atoms with van der Waals surface area (Å²) in [4.78, 5) is 5.33. The zero-order valence-electron chi connectivity index (χ0n) is 10.0. The Morgan fingerprint density at radius 3 is 2.62 bits per heavy atom. The van der Waals surface area contributed by atoms with E-state index in [1.807, 2.05) is 39.0 Å². The van der Waals surface area contributed by atoms with Gasteiger partial charge in [0.25, 0.3) is 0 Å². The van der Waals surface area contributed by atoms with Crippen molar-refractivity contribution < 1.29 is 0 Å². The number of rotatable bonds is 1. The highest BCUT2D eigenvalue weighted by Gasteiger charge is 2.09. The molecule has 0 spiro atoms. The molecule has 0 saturated heterocycles. The first kappa shape index (κ1) is 12.7. The predicted octanol–water partition coefficient (Wildman–Crippen LogP) is 3.96. The molecule has 0 radical (unpaired) electrons. The number of allylic oxidation sites excluding steroid dienone is 6. The van der Waals surface area contributed by atoms with Gasteiger partial charge in [-0.25, -0.2) is 4.98 Å². The second kappa shape index (κ2) is 6.28. The van der Waals surface area contributed by atoms with Crippen LogP contribution in [0.25, 0.3) is 5.57 Å². The molecular weight excluding hydrogens is 216 g/mol. The number of nitrogen functional groups attached to an aromatic ring is 1. The van der Waals surface area contributed by atoms with Gasteiger partial charge in [0.1, 0.15) is 5.82 Å². The molecule has 3 heteroatoms. The first-order valence-corrected chi connectivity index (χ1v) is 6.34. The Bertz CT molecular complexity index is 425. The zero-order valence-corrected chi connectivity index (χ0v) is 10.8. The minimum Gasteiger partial charge on any atom is -0.382 e. The van der Waals surface area contributed by atoms with E-state index in [0.29, 0.717) is 5.82 Å². The molecule has 0 unspecified atom stereocenters. The third-order valence-electron chi connectivity index (χ3n) is 2.05. The second-order valence-electron chi connectivity index (χ2n) is 3.16. The van der Waals surface area contributed by atoms with E-state index < -0.39 is 0 Å². The summed E-state index contributed by atoms with van der Waals surface area (Å²) < 4.78 is 0. The molecule has 2 N–H and O–H groups in total. The average Bonchev–Trinajstić information content (AvgIpc) is 2.52. The Hall–Kier alpha value is -1.35. The van der Waals surface area contributed by atoms with E-state index in [9.17, 15) is 0 Å². The summed E-state index contributed by atoms with van der Waals surface area (Å²) in [5, 5.41) is 1.02. The van der Waals surface area contributed by atoms with Crippen molar-refractivity contribution in [3.05, 3.63) is 40.3 Å². The molecule has 0 amide bonds. The molecule has 0 atom stereocenters. The summed E-state index contributed by atoms with van der Waals surface area (Å²) in [6, 6.07) is 0. The maximum atomic E-state index is 5.83. The van der Waals surface area contributed by atoms with Gasteiger partial charge in [0.05, 0.1) is 9.88 Å². The Kier molecular flexibility index (Phi) is 4.99. The van der Waals surface area contributed by atoms with E-state index in [-0.39, 0.29) is 0 Å². The minimum absolute atomic E-state index is 0.655. The van der Waals surface area contributed by atoms with Gasteiger partial charge >= 0.3 is 0 Å². The van der Waals surface area contributed by atoms with Crippen molar-refractivity contribution in [2.24, 2.45) is 0 Å². The standard InChI is InChI=1S/C11H12N2S.C2H6/c1-8-13-11(12)10(14-8)9-6-4-2-3-5-7-9;1-2/h2-6H,7,12H2,1H3;1-2H3. The third-order valence-corrected chi connectivity index (χ3v) is 3.11. The molecule has 2 rings (SSSR count). The third kappa shape index (κ3) is 3.07. The van der Waals surface area contributed by atoms with Crippen LogP contribution in [0.3, 0.4) is 0 Å². The quantitative estimate of drug-likeness (QED) is 0.798. The molecule has 16 heavy (non-hydrogen) atoms. The molecular formula is C13H18N2S. The lowest BCUT2D eigenvalue weighted by Crippen LogP contribution is -1.89. The fraction of sp³-hybridized carbons (Fsp3) is 0.308. The van der Waals surface area contributed by atoms with Gasteiger partial charge in [-0.15, -0.1) is 11.3 Å². The number of hydrogen-bond donors (Lipinski definition) is 1. The largest absolute Gasteiger partial charge is 0.382 e. The lowest BCUT2D eigenvalue weighted by molar-refractivity contribution is 1.30. The van der Waals surface area contributed by atoms with Gasteiger partial charge in [-0.1, -0.05) is 44.2 Å². The van der Waals surface area contributed by atoms with Crippen molar-refractivity contribution in [3.8, 4) is 0 Å². The van der Waals surface area contributed by atoms with Gasteiger partial charge in [0.15, 0.2) is 0 Å². The highest BCUT2D eigenvalue weighted by molar-refractivity contribution is 7.13. The molecule has 1 heterocycles. The van der Waals surface area contributed by atoms with Gasteiger partial charge < -0.3 is 5.73 Å². The Labute approximate surface area is 101 Å². The maximum absolute atomic E-state index is 5.83. The van der Waals surface area contributed by atoms with E-state index >= 15 is 0 Å². The molecule has 0 aromatic carbocycles. The summed E-state index contributed by atoms with van der Waals surface area (Å²) in [6.45, 7) is 5.98. The molecule has 1 aliphatic carbocycles.